The number of nitrogens with zero attached hydrogens (tertiary/aromatic N) is 4. The van der Waals surface area contributed by atoms with Crippen LogP contribution in [0, 0.1) is 5.92 Å². The smallest absolute Gasteiger partial charge is 0.234 e. The Labute approximate surface area is 151 Å². The Bertz CT molecular complexity index is 902. The number of benzene rings is 2. The van der Waals surface area contributed by atoms with Crippen molar-refractivity contribution < 1.29 is 9.53 Å². The van der Waals surface area contributed by atoms with Crippen molar-refractivity contribution in [3.05, 3.63) is 72.3 Å². The Morgan fingerprint density at radius 2 is 1.69 bits per heavy atom. The molecule has 0 unspecified atom stereocenters. The highest BCUT2D eigenvalue weighted by Crippen LogP contribution is 2.45. The number of hydrogen-bond donors (Lipinski definition) is 0. The van der Waals surface area contributed by atoms with Crippen molar-refractivity contribution >= 4 is 5.91 Å². The van der Waals surface area contributed by atoms with Gasteiger partial charge in [-0.3, -0.25) is 9.48 Å². The predicted molar refractivity (Wildman–Crippen MR) is 94.9 cm³/mol. The molecule has 1 fully saturated rings. The second kappa shape index (κ2) is 5.98. The fourth-order valence-electron chi connectivity index (χ4n) is 3.82. The lowest BCUT2D eigenvalue weighted by molar-refractivity contribution is -0.138. The molecule has 3 aromatic rings. The summed E-state index contributed by atoms with van der Waals surface area (Å²) in [6, 6.07) is 15.6. The highest BCUT2D eigenvalue weighted by atomic mass is 16.5. The minimum atomic E-state index is -0.302. The van der Waals surface area contributed by atoms with E-state index in [2.05, 4.69) is 10.1 Å². The molecule has 0 N–H and O–H groups in total. The van der Waals surface area contributed by atoms with Gasteiger partial charge in [0.25, 0.3) is 0 Å². The maximum absolute atomic E-state index is 13.3. The van der Waals surface area contributed by atoms with Gasteiger partial charge in [-0.15, -0.1) is 0 Å². The molecule has 0 bridgehead atoms. The van der Waals surface area contributed by atoms with Gasteiger partial charge in [-0.25, -0.2) is 4.98 Å². The van der Waals surface area contributed by atoms with E-state index < -0.39 is 0 Å². The lowest BCUT2D eigenvalue weighted by Gasteiger charge is -2.42. The fraction of sp³-hybridized carbons (Fsp3) is 0.250. The Morgan fingerprint density at radius 3 is 2.31 bits per heavy atom. The topological polar surface area (TPSA) is 60.2 Å². The molecule has 0 radical (unpaired) electrons. The highest BCUT2D eigenvalue weighted by Gasteiger charge is 2.39. The second-order valence-corrected chi connectivity index (χ2v) is 6.84. The molecule has 5 rings (SSSR count). The van der Waals surface area contributed by atoms with Gasteiger partial charge < -0.3 is 9.64 Å². The quantitative estimate of drug-likeness (QED) is 0.732. The lowest BCUT2D eigenvalue weighted by atomic mass is 9.85. The first-order valence-corrected chi connectivity index (χ1v) is 8.76. The molecule has 3 heterocycles. The molecule has 0 saturated carbocycles. The summed E-state index contributed by atoms with van der Waals surface area (Å²) in [6.45, 7) is 2.30. The van der Waals surface area contributed by atoms with Gasteiger partial charge in [0.2, 0.25) is 5.91 Å². The molecule has 6 nitrogen and oxygen atoms in total. The van der Waals surface area contributed by atoms with Crippen molar-refractivity contribution in [3.8, 4) is 11.5 Å². The number of amides is 1. The largest absolute Gasteiger partial charge is 0.457 e. The van der Waals surface area contributed by atoms with E-state index in [4.69, 9.17) is 4.74 Å². The average molecular weight is 346 g/mol. The summed E-state index contributed by atoms with van der Waals surface area (Å²) in [6.07, 6.45) is 3.26. The van der Waals surface area contributed by atoms with Crippen LogP contribution in [0.3, 0.4) is 0 Å². The zero-order valence-corrected chi connectivity index (χ0v) is 14.2. The van der Waals surface area contributed by atoms with E-state index in [1.165, 1.54) is 6.33 Å². The molecule has 2 aliphatic heterocycles. The molecular weight excluding hydrogens is 328 g/mol. The number of carbonyl (C=O) groups excluding carboxylic acids is 1. The lowest BCUT2D eigenvalue weighted by Crippen LogP contribution is -2.53. The summed E-state index contributed by atoms with van der Waals surface area (Å²) in [4.78, 5) is 19.2. The van der Waals surface area contributed by atoms with Gasteiger partial charge >= 0.3 is 0 Å². The van der Waals surface area contributed by atoms with Crippen LogP contribution in [-0.2, 0) is 11.3 Å². The first-order valence-electron chi connectivity index (χ1n) is 8.76. The maximum Gasteiger partial charge on any atom is 0.234 e. The molecule has 2 aliphatic rings. The summed E-state index contributed by atoms with van der Waals surface area (Å²) >= 11 is 0. The number of fused-ring (bicyclic) bond motifs is 2. The summed E-state index contributed by atoms with van der Waals surface area (Å²) in [5, 5.41) is 4.14. The van der Waals surface area contributed by atoms with Gasteiger partial charge in [0.1, 0.15) is 24.2 Å². The SMILES string of the molecule is O=C(C1c2ccccc2Oc2ccccc21)N1CC(Cn2cncn2)C1. The van der Waals surface area contributed by atoms with E-state index in [1.54, 1.807) is 6.33 Å². The average Bonchev–Trinajstić information content (AvgIpc) is 3.15. The number of aromatic nitrogens is 3. The van der Waals surface area contributed by atoms with Gasteiger partial charge in [0.05, 0.1) is 5.92 Å². The molecule has 6 heteroatoms. The molecule has 26 heavy (non-hydrogen) atoms. The summed E-state index contributed by atoms with van der Waals surface area (Å²) < 4.78 is 7.82. The first-order chi connectivity index (χ1) is 12.8. The Hall–Kier alpha value is -3.15. The van der Waals surface area contributed by atoms with Crippen molar-refractivity contribution in [1.82, 2.24) is 19.7 Å². The van der Waals surface area contributed by atoms with Crippen LogP contribution in [0.1, 0.15) is 17.0 Å². The van der Waals surface area contributed by atoms with Crippen LogP contribution in [0.25, 0.3) is 0 Å². The van der Waals surface area contributed by atoms with Crippen molar-refractivity contribution in [3.63, 3.8) is 0 Å². The summed E-state index contributed by atoms with van der Waals surface area (Å²) in [7, 11) is 0. The van der Waals surface area contributed by atoms with Crippen LogP contribution < -0.4 is 4.74 Å². The van der Waals surface area contributed by atoms with Crippen molar-refractivity contribution in [2.75, 3.05) is 13.1 Å². The highest BCUT2D eigenvalue weighted by molar-refractivity contribution is 5.90. The summed E-state index contributed by atoms with van der Waals surface area (Å²) in [5.41, 5.74) is 1.88. The molecule has 1 amide bonds. The summed E-state index contributed by atoms with van der Waals surface area (Å²) in [5.74, 6) is 1.80. The number of ether oxygens (including phenoxy) is 1. The van der Waals surface area contributed by atoms with Crippen molar-refractivity contribution in [2.24, 2.45) is 5.92 Å². The van der Waals surface area contributed by atoms with E-state index >= 15 is 0 Å². The van der Waals surface area contributed by atoms with E-state index in [0.29, 0.717) is 5.92 Å². The normalized spacial score (nSPS) is 16.4. The number of hydrogen-bond acceptors (Lipinski definition) is 4. The van der Waals surface area contributed by atoms with Crippen molar-refractivity contribution in [1.29, 1.82) is 0 Å². The molecule has 1 aromatic heterocycles. The zero-order chi connectivity index (χ0) is 17.5. The predicted octanol–water partition coefficient (Wildman–Crippen LogP) is 2.67. The third kappa shape index (κ3) is 2.45. The van der Waals surface area contributed by atoms with E-state index in [-0.39, 0.29) is 11.8 Å². The first kappa shape index (κ1) is 15.1. The van der Waals surface area contributed by atoms with E-state index in [0.717, 1.165) is 42.3 Å². The third-order valence-electron chi connectivity index (χ3n) is 5.11. The van der Waals surface area contributed by atoms with Crippen LogP contribution in [0.4, 0.5) is 0 Å². The van der Waals surface area contributed by atoms with Crippen molar-refractivity contribution in [2.45, 2.75) is 12.5 Å². The van der Waals surface area contributed by atoms with Crippen LogP contribution in [-0.4, -0.2) is 38.7 Å². The number of carbonyl (C=O) groups is 1. The standard InChI is InChI=1S/C20H18N4O2/c25-20(23-9-14(10-23)11-24-13-21-12-22-24)19-15-5-1-3-7-17(15)26-18-8-4-2-6-16(18)19/h1-8,12-14,19H,9-11H2. The fourth-order valence-corrected chi connectivity index (χ4v) is 3.82. The third-order valence-corrected chi connectivity index (χ3v) is 5.11. The number of likely N-dealkylation sites (tertiary alicyclic amines) is 1. The van der Waals surface area contributed by atoms with Gasteiger partial charge in [0, 0.05) is 36.7 Å². The van der Waals surface area contributed by atoms with Crippen LogP contribution >= 0.6 is 0 Å². The van der Waals surface area contributed by atoms with Gasteiger partial charge in [0.15, 0.2) is 0 Å². The van der Waals surface area contributed by atoms with Gasteiger partial charge in [-0.05, 0) is 12.1 Å². The van der Waals surface area contributed by atoms with Gasteiger partial charge in [-0.1, -0.05) is 36.4 Å². The Kier molecular flexibility index (Phi) is 3.48. The molecule has 1 saturated heterocycles. The van der Waals surface area contributed by atoms with Crippen LogP contribution in [0.15, 0.2) is 61.2 Å². The second-order valence-electron chi connectivity index (χ2n) is 6.84. The van der Waals surface area contributed by atoms with Crippen LogP contribution in [0.5, 0.6) is 11.5 Å². The molecule has 0 aliphatic carbocycles. The minimum Gasteiger partial charge on any atom is -0.457 e. The molecular formula is C20H18N4O2. The van der Waals surface area contributed by atoms with Crippen LogP contribution in [0.2, 0.25) is 0 Å². The molecule has 0 atom stereocenters. The number of para-hydroxylation sites is 2. The molecule has 2 aromatic carbocycles. The maximum atomic E-state index is 13.3. The van der Waals surface area contributed by atoms with E-state index in [1.807, 2.05) is 58.1 Å². The zero-order valence-electron chi connectivity index (χ0n) is 14.2. The minimum absolute atomic E-state index is 0.142. The molecule has 0 spiro atoms. The Balaban J connectivity index is 1.39. The van der Waals surface area contributed by atoms with E-state index in [9.17, 15) is 4.79 Å². The Morgan fingerprint density at radius 1 is 1.04 bits per heavy atom. The monoisotopic (exact) mass is 346 g/mol. The molecule has 130 valence electrons. The number of rotatable bonds is 3. The van der Waals surface area contributed by atoms with Gasteiger partial charge in [-0.2, -0.15) is 5.10 Å².